The van der Waals surface area contributed by atoms with E-state index in [-0.39, 0.29) is 29.7 Å². The molecule has 1 aliphatic carbocycles. The molecule has 28 heavy (non-hydrogen) atoms. The van der Waals surface area contributed by atoms with Gasteiger partial charge in [0.05, 0.1) is 0 Å². The van der Waals surface area contributed by atoms with Gasteiger partial charge in [-0.25, -0.2) is 9.48 Å². The molecule has 0 atom stereocenters. The molecule has 0 radical (unpaired) electrons. The number of nitrogens with one attached hydrogen (secondary N) is 1. The first-order chi connectivity index (χ1) is 13.1. The van der Waals surface area contributed by atoms with Gasteiger partial charge in [-0.15, -0.1) is 24.0 Å². The van der Waals surface area contributed by atoms with Crippen molar-refractivity contribution in [3.8, 4) is 0 Å². The Morgan fingerprint density at radius 2 is 2.04 bits per heavy atom. The molecular formula is C20H37IN6O. The maximum Gasteiger partial charge on any atom is 0.345 e. The van der Waals surface area contributed by atoms with E-state index in [4.69, 9.17) is 0 Å². The maximum atomic E-state index is 12.4. The minimum atomic E-state index is 0. The lowest BCUT2D eigenvalue weighted by atomic mass is 9.83. The van der Waals surface area contributed by atoms with Crippen molar-refractivity contribution in [1.82, 2.24) is 24.6 Å². The summed E-state index contributed by atoms with van der Waals surface area (Å²) in [5.74, 6) is 3.57. The van der Waals surface area contributed by atoms with Gasteiger partial charge in [0.1, 0.15) is 5.82 Å². The summed E-state index contributed by atoms with van der Waals surface area (Å²) < 4.78 is 3.48. The molecule has 0 amide bonds. The van der Waals surface area contributed by atoms with Crippen LogP contribution >= 0.6 is 24.0 Å². The summed E-state index contributed by atoms with van der Waals surface area (Å²) in [4.78, 5) is 19.0. The highest BCUT2D eigenvalue weighted by atomic mass is 127. The fraction of sp³-hybridized carbons (Fsp3) is 0.850. The van der Waals surface area contributed by atoms with Crippen LogP contribution < -0.4 is 11.0 Å². The SMILES string of the molecule is CN=C(NCCCn1nc2n(c1=O)CCCC2)N(C)CC1CCC(C)CC1.I. The van der Waals surface area contributed by atoms with E-state index >= 15 is 0 Å². The Balaban J connectivity index is 0.00000280. The molecule has 2 heterocycles. The summed E-state index contributed by atoms with van der Waals surface area (Å²) in [7, 11) is 3.97. The van der Waals surface area contributed by atoms with E-state index in [1.165, 1.54) is 25.7 Å². The van der Waals surface area contributed by atoms with Crippen LogP contribution in [0.15, 0.2) is 9.79 Å². The third kappa shape index (κ3) is 5.97. The van der Waals surface area contributed by atoms with Gasteiger partial charge in [-0.1, -0.05) is 19.8 Å². The third-order valence-corrected chi connectivity index (χ3v) is 6.10. The number of aromatic nitrogens is 3. The lowest BCUT2D eigenvalue weighted by Crippen LogP contribution is -2.42. The van der Waals surface area contributed by atoms with Gasteiger partial charge in [0.25, 0.3) is 0 Å². The van der Waals surface area contributed by atoms with Gasteiger partial charge in [0, 0.05) is 46.7 Å². The fourth-order valence-corrected chi connectivity index (χ4v) is 4.39. The summed E-state index contributed by atoms with van der Waals surface area (Å²) in [5.41, 5.74) is 0.0535. The minimum absolute atomic E-state index is 0. The van der Waals surface area contributed by atoms with E-state index in [1.54, 1.807) is 4.68 Å². The predicted molar refractivity (Wildman–Crippen MR) is 125 cm³/mol. The van der Waals surface area contributed by atoms with Crippen molar-refractivity contribution in [3.63, 3.8) is 0 Å². The molecule has 2 aliphatic rings. The van der Waals surface area contributed by atoms with Crippen LogP contribution in [0.4, 0.5) is 0 Å². The second kappa shape index (κ2) is 11.2. The number of aryl methyl sites for hydroxylation is 2. The molecule has 160 valence electrons. The number of halogens is 1. The number of rotatable bonds is 6. The fourth-order valence-electron chi connectivity index (χ4n) is 4.39. The second-order valence-corrected chi connectivity index (χ2v) is 8.36. The first kappa shape index (κ1) is 23.2. The molecule has 7 nitrogen and oxygen atoms in total. The van der Waals surface area contributed by atoms with Crippen molar-refractivity contribution in [1.29, 1.82) is 0 Å². The highest BCUT2D eigenvalue weighted by Crippen LogP contribution is 2.28. The number of fused-ring (bicyclic) bond motifs is 1. The monoisotopic (exact) mass is 504 g/mol. The van der Waals surface area contributed by atoms with Crippen LogP contribution in [0, 0.1) is 11.8 Å². The molecule has 1 aliphatic heterocycles. The highest BCUT2D eigenvalue weighted by Gasteiger charge is 2.20. The van der Waals surface area contributed by atoms with Crippen LogP contribution in [0.5, 0.6) is 0 Å². The van der Waals surface area contributed by atoms with Crippen LogP contribution in [0.3, 0.4) is 0 Å². The van der Waals surface area contributed by atoms with Gasteiger partial charge in [0.15, 0.2) is 5.96 Å². The number of hydrogen-bond donors (Lipinski definition) is 1. The second-order valence-electron chi connectivity index (χ2n) is 8.36. The van der Waals surface area contributed by atoms with Gasteiger partial charge in [-0.2, -0.15) is 5.10 Å². The van der Waals surface area contributed by atoms with Gasteiger partial charge < -0.3 is 10.2 Å². The van der Waals surface area contributed by atoms with Crippen molar-refractivity contribution in [3.05, 3.63) is 16.3 Å². The number of aliphatic imine (C=N–C) groups is 1. The van der Waals surface area contributed by atoms with Crippen LogP contribution in [0.1, 0.15) is 57.7 Å². The molecule has 8 heteroatoms. The predicted octanol–water partition coefficient (Wildman–Crippen LogP) is 2.72. The molecule has 1 aromatic heterocycles. The average molecular weight is 504 g/mol. The number of guanidine groups is 1. The zero-order chi connectivity index (χ0) is 19.2. The first-order valence-corrected chi connectivity index (χ1v) is 10.7. The lowest BCUT2D eigenvalue weighted by molar-refractivity contribution is 0.250. The van der Waals surface area contributed by atoms with E-state index in [0.29, 0.717) is 6.54 Å². The molecule has 0 spiro atoms. The Kier molecular flexibility index (Phi) is 9.30. The molecule has 0 unspecified atom stereocenters. The summed E-state index contributed by atoms with van der Waals surface area (Å²) in [5, 5.41) is 7.95. The molecule has 1 saturated carbocycles. The summed E-state index contributed by atoms with van der Waals surface area (Å²) in [6.45, 7) is 5.71. The molecule has 0 saturated heterocycles. The Morgan fingerprint density at radius 1 is 1.29 bits per heavy atom. The standard InChI is InChI=1S/C20H36N6O.HI/c1-16-8-10-17(11-9-16)15-24(3)19(21-2)22-12-6-14-26-20(27)25-13-5-4-7-18(25)23-26;/h16-17H,4-15H2,1-3H3,(H,21,22);1H. The quantitative estimate of drug-likeness (QED) is 0.280. The Hall–Kier alpha value is -1.06. The Labute approximate surface area is 186 Å². The van der Waals surface area contributed by atoms with E-state index in [0.717, 1.165) is 68.9 Å². The highest BCUT2D eigenvalue weighted by molar-refractivity contribution is 14.0. The van der Waals surface area contributed by atoms with Crippen molar-refractivity contribution in [2.75, 3.05) is 27.2 Å². The summed E-state index contributed by atoms with van der Waals surface area (Å²) in [6.07, 6.45) is 9.39. The van der Waals surface area contributed by atoms with Crippen molar-refractivity contribution < 1.29 is 0 Å². The summed E-state index contributed by atoms with van der Waals surface area (Å²) in [6, 6.07) is 0. The number of nitrogens with zero attached hydrogens (tertiary/aromatic N) is 5. The first-order valence-electron chi connectivity index (χ1n) is 10.7. The van der Waals surface area contributed by atoms with Crippen LogP contribution in [0.2, 0.25) is 0 Å². The average Bonchev–Trinajstić information content (AvgIpc) is 3.00. The summed E-state index contributed by atoms with van der Waals surface area (Å²) >= 11 is 0. The van der Waals surface area contributed by atoms with Gasteiger partial charge in [-0.05, 0) is 43.9 Å². The topological polar surface area (TPSA) is 67.5 Å². The van der Waals surface area contributed by atoms with Gasteiger partial charge in [0.2, 0.25) is 0 Å². The molecule has 1 fully saturated rings. The molecular weight excluding hydrogens is 467 g/mol. The molecule has 1 aromatic rings. The van der Waals surface area contributed by atoms with E-state index in [1.807, 2.05) is 11.6 Å². The zero-order valence-electron chi connectivity index (χ0n) is 17.7. The van der Waals surface area contributed by atoms with Gasteiger partial charge >= 0.3 is 5.69 Å². The van der Waals surface area contributed by atoms with E-state index in [2.05, 4.69) is 34.3 Å². The Morgan fingerprint density at radius 3 is 2.71 bits per heavy atom. The molecule has 0 bridgehead atoms. The Bertz CT molecular complexity index is 689. The normalized spacial score (nSPS) is 22.3. The third-order valence-electron chi connectivity index (χ3n) is 6.10. The van der Waals surface area contributed by atoms with Crippen molar-refractivity contribution in [2.24, 2.45) is 16.8 Å². The van der Waals surface area contributed by atoms with Crippen LogP contribution in [0.25, 0.3) is 0 Å². The van der Waals surface area contributed by atoms with E-state index < -0.39 is 0 Å². The molecule has 0 aromatic carbocycles. The van der Waals surface area contributed by atoms with Crippen molar-refractivity contribution in [2.45, 2.75) is 71.4 Å². The molecule has 1 N–H and O–H groups in total. The van der Waals surface area contributed by atoms with Crippen molar-refractivity contribution >= 4 is 29.9 Å². The minimum Gasteiger partial charge on any atom is -0.356 e. The van der Waals surface area contributed by atoms with E-state index in [9.17, 15) is 4.79 Å². The lowest BCUT2D eigenvalue weighted by Gasteiger charge is -2.31. The molecule has 3 rings (SSSR count). The number of hydrogen-bond acceptors (Lipinski definition) is 3. The van der Waals surface area contributed by atoms with Crippen LogP contribution in [-0.2, 0) is 19.5 Å². The smallest absolute Gasteiger partial charge is 0.345 e. The van der Waals surface area contributed by atoms with Crippen LogP contribution in [-0.4, -0.2) is 52.4 Å². The maximum absolute atomic E-state index is 12.4. The largest absolute Gasteiger partial charge is 0.356 e. The zero-order valence-corrected chi connectivity index (χ0v) is 20.0. The van der Waals surface area contributed by atoms with Gasteiger partial charge in [-0.3, -0.25) is 9.56 Å².